The van der Waals surface area contributed by atoms with Gasteiger partial charge in [0.25, 0.3) is 0 Å². The summed E-state index contributed by atoms with van der Waals surface area (Å²) in [7, 11) is 0. The van der Waals surface area contributed by atoms with Gasteiger partial charge in [-0.1, -0.05) is 42.8 Å². The predicted molar refractivity (Wildman–Crippen MR) is 102 cm³/mol. The minimum atomic E-state index is -0.139. The van der Waals surface area contributed by atoms with E-state index in [2.05, 4.69) is 22.4 Å². The maximum Gasteiger partial charge on any atom is 0.244 e. The number of aromatic amines is 1. The lowest BCUT2D eigenvalue weighted by atomic mass is 10.1. The van der Waals surface area contributed by atoms with Crippen molar-refractivity contribution >= 4 is 23.8 Å². The molecule has 0 saturated heterocycles. The molecule has 0 atom stereocenters. The summed E-state index contributed by atoms with van der Waals surface area (Å²) in [5, 5.41) is 9.98. The molecular weight excluding hydrogens is 332 g/mol. The number of H-pyrrole nitrogens is 1. The molecule has 0 spiro atoms. The van der Waals surface area contributed by atoms with Crippen molar-refractivity contribution in [2.45, 2.75) is 26.8 Å². The zero-order valence-electron chi connectivity index (χ0n) is 14.2. The van der Waals surface area contributed by atoms with Crippen molar-refractivity contribution in [3.8, 4) is 11.4 Å². The SMILES string of the molecule is CCc1cccc(NC(=O)Cn2c(-c3cccc(C)c3)n[nH]c2=S)c1. The molecule has 0 unspecified atom stereocenters. The summed E-state index contributed by atoms with van der Waals surface area (Å²) < 4.78 is 2.14. The summed E-state index contributed by atoms with van der Waals surface area (Å²) in [5.74, 6) is 0.519. The molecule has 1 amide bonds. The highest BCUT2D eigenvalue weighted by atomic mass is 32.1. The molecule has 0 aliphatic carbocycles. The molecule has 128 valence electrons. The Hall–Kier alpha value is -2.73. The number of carbonyl (C=O) groups excluding carboxylic acids is 1. The number of aromatic nitrogens is 3. The summed E-state index contributed by atoms with van der Waals surface area (Å²) in [6.07, 6.45) is 0.925. The van der Waals surface area contributed by atoms with Crippen LogP contribution in [-0.4, -0.2) is 20.7 Å². The van der Waals surface area contributed by atoms with Crippen LogP contribution in [0.2, 0.25) is 0 Å². The van der Waals surface area contributed by atoms with Crippen molar-refractivity contribution in [2.24, 2.45) is 0 Å². The van der Waals surface area contributed by atoms with Crippen LogP contribution in [0.1, 0.15) is 18.1 Å². The van der Waals surface area contributed by atoms with Crippen LogP contribution in [0.4, 0.5) is 5.69 Å². The molecule has 0 aliphatic heterocycles. The Morgan fingerprint density at radius 1 is 1.24 bits per heavy atom. The van der Waals surface area contributed by atoms with E-state index in [4.69, 9.17) is 12.2 Å². The van der Waals surface area contributed by atoms with Crippen molar-refractivity contribution in [3.05, 3.63) is 64.4 Å². The molecule has 3 aromatic rings. The molecule has 2 N–H and O–H groups in total. The van der Waals surface area contributed by atoms with Crippen LogP contribution in [0.15, 0.2) is 48.5 Å². The van der Waals surface area contributed by atoms with Gasteiger partial charge in [-0.3, -0.25) is 14.5 Å². The number of carbonyl (C=O) groups is 1. The zero-order chi connectivity index (χ0) is 17.8. The third kappa shape index (κ3) is 4.03. The summed E-state index contributed by atoms with van der Waals surface area (Å²) in [4.78, 5) is 12.5. The van der Waals surface area contributed by atoms with Gasteiger partial charge >= 0.3 is 0 Å². The van der Waals surface area contributed by atoms with Gasteiger partial charge in [0.05, 0.1) is 0 Å². The van der Waals surface area contributed by atoms with Crippen LogP contribution in [-0.2, 0) is 17.8 Å². The fourth-order valence-electron chi connectivity index (χ4n) is 2.68. The first kappa shape index (κ1) is 17.1. The number of anilines is 1. The monoisotopic (exact) mass is 352 g/mol. The maximum absolute atomic E-state index is 12.5. The van der Waals surface area contributed by atoms with Crippen LogP contribution in [0.25, 0.3) is 11.4 Å². The van der Waals surface area contributed by atoms with E-state index in [0.29, 0.717) is 10.6 Å². The van der Waals surface area contributed by atoms with Gasteiger partial charge < -0.3 is 5.32 Å². The number of nitrogens with zero attached hydrogens (tertiary/aromatic N) is 2. The topological polar surface area (TPSA) is 62.7 Å². The van der Waals surface area contributed by atoms with Crippen molar-refractivity contribution in [3.63, 3.8) is 0 Å². The van der Waals surface area contributed by atoms with E-state index < -0.39 is 0 Å². The molecule has 2 aromatic carbocycles. The molecular formula is C19H20N4OS. The Morgan fingerprint density at radius 2 is 2.04 bits per heavy atom. The normalized spacial score (nSPS) is 10.6. The van der Waals surface area contributed by atoms with Gasteiger partial charge in [0.2, 0.25) is 5.91 Å². The van der Waals surface area contributed by atoms with Gasteiger partial charge in [-0.2, -0.15) is 5.10 Å². The Balaban J connectivity index is 1.82. The van der Waals surface area contributed by atoms with Crippen LogP contribution in [0.5, 0.6) is 0 Å². The van der Waals surface area contributed by atoms with Gasteiger partial charge in [-0.05, 0) is 49.3 Å². The van der Waals surface area contributed by atoms with Gasteiger partial charge in [0.1, 0.15) is 6.54 Å². The molecule has 0 fully saturated rings. The second-order valence-corrected chi connectivity index (χ2v) is 6.30. The predicted octanol–water partition coefficient (Wildman–Crippen LogP) is 4.12. The van der Waals surface area contributed by atoms with Crippen LogP contribution >= 0.6 is 12.2 Å². The van der Waals surface area contributed by atoms with E-state index in [9.17, 15) is 4.79 Å². The molecule has 0 aliphatic rings. The fraction of sp³-hybridized carbons (Fsp3) is 0.211. The highest BCUT2D eigenvalue weighted by Crippen LogP contribution is 2.19. The van der Waals surface area contributed by atoms with Gasteiger partial charge in [-0.15, -0.1) is 0 Å². The van der Waals surface area contributed by atoms with Crippen LogP contribution in [0.3, 0.4) is 0 Å². The molecule has 0 bridgehead atoms. The van der Waals surface area contributed by atoms with E-state index in [1.165, 1.54) is 5.56 Å². The first-order chi connectivity index (χ1) is 12.1. The number of nitrogens with one attached hydrogen (secondary N) is 2. The number of hydrogen-bond acceptors (Lipinski definition) is 3. The van der Waals surface area contributed by atoms with Gasteiger partial charge in [0, 0.05) is 11.3 Å². The van der Waals surface area contributed by atoms with E-state index in [1.54, 1.807) is 4.57 Å². The van der Waals surface area contributed by atoms with E-state index >= 15 is 0 Å². The third-order valence-corrected chi connectivity index (χ3v) is 4.27. The van der Waals surface area contributed by atoms with Crippen LogP contribution < -0.4 is 5.32 Å². The summed E-state index contributed by atoms with van der Waals surface area (Å²) in [6.45, 7) is 4.21. The smallest absolute Gasteiger partial charge is 0.244 e. The highest BCUT2D eigenvalue weighted by Gasteiger charge is 2.12. The molecule has 0 saturated carbocycles. The number of rotatable bonds is 5. The van der Waals surface area contributed by atoms with Gasteiger partial charge in [0.15, 0.2) is 10.6 Å². The second-order valence-electron chi connectivity index (χ2n) is 5.91. The quantitative estimate of drug-likeness (QED) is 0.679. The lowest BCUT2D eigenvalue weighted by molar-refractivity contribution is -0.116. The summed E-state index contributed by atoms with van der Waals surface area (Å²) >= 11 is 5.29. The second kappa shape index (κ2) is 7.44. The number of hydrogen-bond donors (Lipinski definition) is 2. The Morgan fingerprint density at radius 3 is 2.80 bits per heavy atom. The first-order valence-corrected chi connectivity index (χ1v) is 8.58. The van der Waals surface area contributed by atoms with E-state index in [0.717, 1.165) is 23.2 Å². The number of amides is 1. The summed E-state index contributed by atoms with van der Waals surface area (Å²) in [5.41, 5.74) is 4.02. The molecule has 1 heterocycles. The first-order valence-electron chi connectivity index (χ1n) is 8.18. The zero-order valence-corrected chi connectivity index (χ0v) is 15.1. The maximum atomic E-state index is 12.5. The fourth-order valence-corrected chi connectivity index (χ4v) is 2.88. The van der Waals surface area contributed by atoms with Crippen molar-refractivity contribution in [1.82, 2.24) is 14.8 Å². The Labute approximate surface area is 151 Å². The average molecular weight is 352 g/mol. The molecule has 25 heavy (non-hydrogen) atoms. The Bertz CT molecular complexity index is 958. The highest BCUT2D eigenvalue weighted by molar-refractivity contribution is 7.71. The lowest BCUT2D eigenvalue weighted by Crippen LogP contribution is -2.19. The van der Waals surface area contributed by atoms with Crippen molar-refractivity contribution in [1.29, 1.82) is 0 Å². The van der Waals surface area contributed by atoms with Crippen LogP contribution in [0, 0.1) is 11.7 Å². The molecule has 5 nitrogen and oxygen atoms in total. The minimum absolute atomic E-state index is 0.106. The van der Waals surface area contributed by atoms with E-state index in [-0.39, 0.29) is 12.5 Å². The average Bonchev–Trinajstić information content (AvgIpc) is 2.95. The third-order valence-electron chi connectivity index (χ3n) is 3.96. The summed E-state index contributed by atoms with van der Waals surface area (Å²) in [6, 6.07) is 15.8. The van der Waals surface area contributed by atoms with Crippen molar-refractivity contribution in [2.75, 3.05) is 5.32 Å². The molecule has 6 heteroatoms. The minimum Gasteiger partial charge on any atom is -0.325 e. The largest absolute Gasteiger partial charge is 0.325 e. The standard InChI is InChI=1S/C19H20N4OS/c1-3-14-7-5-9-16(11-14)20-17(24)12-23-18(21-22-19(23)25)15-8-4-6-13(2)10-15/h4-11H,3,12H2,1-2H3,(H,20,24)(H,22,25). The molecule has 0 radical (unpaired) electrons. The van der Waals surface area contributed by atoms with Crippen molar-refractivity contribution < 1.29 is 4.79 Å². The lowest BCUT2D eigenvalue weighted by Gasteiger charge is -2.09. The van der Waals surface area contributed by atoms with Gasteiger partial charge in [-0.25, -0.2) is 0 Å². The molecule has 3 rings (SSSR count). The Kier molecular flexibility index (Phi) is 5.09. The number of benzene rings is 2. The molecule has 1 aromatic heterocycles. The van der Waals surface area contributed by atoms with E-state index in [1.807, 2.05) is 55.5 Å². The number of aryl methyl sites for hydroxylation is 2.